The van der Waals surface area contributed by atoms with Crippen LogP contribution in [0.1, 0.15) is 29.6 Å². The van der Waals surface area contributed by atoms with Gasteiger partial charge in [-0.25, -0.2) is 9.37 Å². The number of hydrogen-bond donors (Lipinski definition) is 1. The Morgan fingerprint density at radius 2 is 1.82 bits per heavy atom. The van der Waals surface area contributed by atoms with E-state index in [4.69, 9.17) is 9.72 Å². The molecule has 4 nitrogen and oxygen atoms in total. The first-order valence-electron chi connectivity index (χ1n) is 9.36. The number of aromatic nitrogens is 2. The summed E-state index contributed by atoms with van der Waals surface area (Å²) >= 11 is 0. The van der Waals surface area contributed by atoms with E-state index in [1.54, 1.807) is 7.11 Å². The van der Waals surface area contributed by atoms with Crippen LogP contribution in [0.25, 0.3) is 11.0 Å². The molecule has 0 radical (unpaired) electrons. The summed E-state index contributed by atoms with van der Waals surface area (Å²) in [6.45, 7) is 0. The van der Waals surface area contributed by atoms with Crippen molar-refractivity contribution < 1.29 is 9.13 Å². The largest absolute Gasteiger partial charge is 0.497 e. The number of para-hydroxylation sites is 2. The van der Waals surface area contributed by atoms with Crippen molar-refractivity contribution >= 4 is 17.0 Å². The smallest absolute Gasteiger partial charge is 0.204 e. The maximum atomic E-state index is 13.4. The van der Waals surface area contributed by atoms with Crippen molar-refractivity contribution in [3.05, 3.63) is 89.7 Å². The fourth-order valence-electron chi connectivity index (χ4n) is 4.05. The number of methoxy groups -OCH3 is 1. The molecule has 5 rings (SSSR count). The van der Waals surface area contributed by atoms with Gasteiger partial charge in [-0.2, -0.15) is 0 Å². The molecule has 0 unspecified atom stereocenters. The highest BCUT2D eigenvalue weighted by Crippen LogP contribution is 2.41. The normalized spacial score (nSPS) is 18.5. The first-order chi connectivity index (χ1) is 13.7. The van der Waals surface area contributed by atoms with Crippen LogP contribution in [0.3, 0.4) is 0 Å². The molecule has 3 aromatic carbocycles. The fraction of sp³-hybridized carbons (Fsp3) is 0.174. The van der Waals surface area contributed by atoms with Gasteiger partial charge in [0.15, 0.2) is 0 Å². The van der Waals surface area contributed by atoms with Crippen LogP contribution in [-0.2, 0) is 0 Å². The van der Waals surface area contributed by atoms with E-state index in [1.165, 1.54) is 12.1 Å². The first-order valence-corrected chi connectivity index (χ1v) is 9.36. The van der Waals surface area contributed by atoms with Crippen molar-refractivity contribution in [3.63, 3.8) is 0 Å². The van der Waals surface area contributed by atoms with E-state index in [0.717, 1.165) is 40.3 Å². The Morgan fingerprint density at radius 3 is 2.64 bits per heavy atom. The molecule has 1 aliphatic heterocycles. The Labute approximate surface area is 162 Å². The molecule has 1 N–H and O–H groups in total. The molecule has 1 aromatic heterocycles. The zero-order valence-electron chi connectivity index (χ0n) is 15.5. The molecule has 1 aliphatic rings. The Morgan fingerprint density at radius 1 is 1.00 bits per heavy atom. The maximum absolute atomic E-state index is 13.4. The third-order valence-corrected chi connectivity index (χ3v) is 5.42. The molecule has 0 spiro atoms. The minimum atomic E-state index is -0.226. The molecule has 5 heteroatoms. The predicted molar refractivity (Wildman–Crippen MR) is 108 cm³/mol. The maximum Gasteiger partial charge on any atom is 0.204 e. The Bertz CT molecular complexity index is 1140. The molecular weight excluding hydrogens is 353 g/mol. The highest BCUT2D eigenvalue weighted by Gasteiger charge is 2.31. The van der Waals surface area contributed by atoms with Crippen LogP contribution < -0.4 is 10.1 Å². The van der Waals surface area contributed by atoms with Crippen LogP contribution in [0, 0.1) is 5.82 Å². The highest BCUT2D eigenvalue weighted by atomic mass is 19.1. The molecule has 28 heavy (non-hydrogen) atoms. The van der Waals surface area contributed by atoms with Gasteiger partial charge in [-0.05, 0) is 53.9 Å². The van der Waals surface area contributed by atoms with E-state index >= 15 is 0 Å². The average molecular weight is 373 g/mol. The van der Waals surface area contributed by atoms with E-state index in [9.17, 15) is 4.39 Å². The van der Waals surface area contributed by atoms with Gasteiger partial charge in [-0.15, -0.1) is 0 Å². The molecule has 0 bridgehead atoms. The number of anilines is 1. The van der Waals surface area contributed by atoms with Crippen molar-refractivity contribution in [2.24, 2.45) is 0 Å². The monoisotopic (exact) mass is 373 g/mol. The van der Waals surface area contributed by atoms with Crippen molar-refractivity contribution in [2.45, 2.75) is 18.5 Å². The van der Waals surface area contributed by atoms with Crippen LogP contribution in [0.5, 0.6) is 5.75 Å². The first kappa shape index (κ1) is 16.8. The summed E-state index contributed by atoms with van der Waals surface area (Å²) in [5.74, 6) is 1.44. The third-order valence-electron chi connectivity index (χ3n) is 5.42. The molecule has 0 amide bonds. The summed E-state index contributed by atoms with van der Waals surface area (Å²) in [5, 5.41) is 3.55. The molecule has 2 heterocycles. The van der Waals surface area contributed by atoms with Crippen LogP contribution in [0.4, 0.5) is 10.3 Å². The zero-order valence-corrected chi connectivity index (χ0v) is 15.5. The number of halogens is 1. The summed E-state index contributed by atoms with van der Waals surface area (Å²) in [6, 6.07) is 23.2. The molecule has 140 valence electrons. The van der Waals surface area contributed by atoms with Gasteiger partial charge in [0, 0.05) is 0 Å². The van der Waals surface area contributed by atoms with E-state index in [1.807, 2.05) is 42.5 Å². The summed E-state index contributed by atoms with van der Waals surface area (Å²) in [7, 11) is 1.68. The second-order valence-electron chi connectivity index (χ2n) is 7.07. The van der Waals surface area contributed by atoms with Crippen molar-refractivity contribution in [1.29, 1.82) is 0 Å². The number of nitrogens with zero attached hydrogens (tertiary/aromatic N) is 2. The average Bonchev–Trinajstić information content (AvgIpc) is 3.12. The molecule has 2 atom stereocenters. The van der Waals surface area contributed by atoms with Crippen molar-refractivity contribution in [3.8, 4) is 5.75 Å². The van der Waals surface area contributed by atoms with E-state index < -0.39 is 0 Å². The molecular formula is C23H20FN3O. The lowest BCUT2D eigenvalue weighted by Crippen LogP contribution is -2.27. The third kappa shape index (κ3) is 2.80. The molecule has 0 saturated carbocycles. The molecule has 4 aromatic rings. The number of rotatable bonds is 3. The topological polar surface area (TPSA) is 39.1 Å². The van der Waals surface area contributed by atoms with Gasteiger partial charge in [-0.3, -0.25) is 0 Å². The minimum absolute atomic E-state index is 0.0427. The van der Waals surface area contributed by atoms with Crippen molar-refractivity contribution in [2.75, 3.05) is 12.4 Å². The second-order valence-corrected chi connectivity index (χ2v) is 7.07. The number of nitrogens with one attached hydrogen (secondary N) is 1. The minimum Gasteiger partial charge on any atom is -0.497 e. The van der Waals surface area contributed by atoms with Crippen LogP contribution in [0.15, 0.2) is 72.8 Å². The van der Waals surface area contributed by atoms with E-state index in [0.29, 0.717) is 0 Å². The van der Waals surface area contributed by atoms with Crippen molar-refractivity contribution in [1.82, 2.24) is 9.55 Å². The lowest BCUT2D eigenvalue weighted by Gasteiger charge is -2.33. The Hall–Kier alpha value is -3.34. The SMILES string of the molecule is COc1cccc([C@@H]2C[C@@H](c3ccc(F)cc3)Nc3nc4ccccc4n32)c1. The number of ether oxygens (including phenoxy) is 1. The fourth-order valence-corrected chi connectivity index (χ4v) is 4.05. The van der Waals surface area contributed by atoms with E-state index in [2.05, 4.69) is 28.1 Å². The van der Waals surface area contributed by atoms with Crippen LogP contribution in [0.2, 0.25) is 0 Å². The predicted octanol–water partition coefficient (Wildman–Crippen LogP) is 5.33. The van der Waals surface area contributed by atoms with Gasteiger partial charge in [0.25, 0.3) is 0 Å². The number of hydrogen-bond acceptors (Lipinski definition) is 3. The standard InChI is InChI=1S/C23H20FN3O/c1-28-18-6-4-5-16(13-18)22-14-20(15-9-11-17(24)12-10-15)26-23-25-19-7-2-3-8-21(19)27(22)23/h2-13,20,22H,14H2,1H3,(H,25,26)/t20-,22-/m0/s1. The number of fused-ring (bicyclic) bond motifs is 3. The summed E-state index contributed by atoms with van der Waals surface area (Å²) in [4.78, 5) is 4.81. The van der Waals surface area contributed by atoms with Gasteiger partial charge >= 0.3 is 0 Å². The Balaban J connectivity index is 1.66. The van der Waals surface area contributed by atoms with Gasteiger partial charge < -0.3 is 14.6 Å². The molecule has 0 saturated heterocycles. The number of imidazole rings is 1. The van der Waals surface area contributed by atoms with Gasteiger partial charge in [0.05, 0.1) is 30.2 Å². The van der Waals surface area contributed by atoms with Gasteiger partial charge in [0.1, 0.15) is 11.6 Å². The molecule has 0 fully saturated rings. The van der Waals surface area contributed by atoms with Crippen LogP contribution >= 0.6 is 0 Å². The zero-order chi connectivity index (χ0) is 19.1. The summed E-state index contributed by atoms with van der Waals surface area (Å²) < 4.78 is 21.1. The quantitative estimate of drug-likeness (QED) is 0.527. The van der Waals surface area contributed by atoms with Crippen LogP contribution in [-0.4, -0.2) is 16.7 Å². The lowest BCUT2D eigenvalue weighted by atomic mass is 9.92. The molecule has 0 aliphatic carbocycles. The summed E-state index contributed by atoms with van der Waals surface area (Å²) in [6.07, 6.45) is 0.826. The lowest BCUT2D eigenvalue weighted by molar-refractivity contribution is 0.411. The van der Waals surface area contributed by atoms with Gasteiger partial charge in [-0.1, -0.05) is 36.4 Å². The van der Waals surface area contributed by atoms with E-state index in [-0.39, 0.29) is 17.9 Å². The summed E-state index contributed by atoms with van der Waals surface area (Å²) in [5.41, 5.74) is 4.26. The second kappa shape index (κ2) is 6.68. The number of benzene rings is 3. The van der Waals surface area contributed by atoms with Gasteiger partial charge in [0.2, 0.25) is 5.95 Å². The highest BCUT2D eigenvalue weighted by molar-refractivity contribution is 5.79. The Kier molecular flexibility index (Phi) is 4.01.